The molecule has 0 atom stereocenters. The number of ether oxygens (including phenoxy) is 1. The van der Waals surface area contributed by atoms with Crippen LogP contribution in [0.2, 0.25) is 0 Å². The summed E-state index contributed by atoms with van der Waals surface area (Å²) in [5.41, 5.74) is 1.29. The molecule has 122 valence electrons. The lowest BCUT2D eigenvalue weighted by Gasteiger charge is -2.07. The molecule has 7 heteroatoms. The van der Waals surface area contributed by atoms with Gasteiger partial charge in [0.05, 0.1) is 12.2 Å². The molecule has 0 aliphatic heterocycles. The summed E-state index contributed by atoms with van der Waals surface area (Å²) in [6.07, 6.45) is 0.987. The van der Waals surface area contributed by atoms with Crippen molar-refractivity contribution in [1.82, 2.24) is 0 Å². The predicted molar refractivity (Wildman–Crippen MR) is 84.5 cm³/mol. The van der Waals surface area contributed by atoms with Crippen LogP contribution in [-0.4, -0.2) is 29.6 Å². The molecule has 1 aromatic rings. The average Bonchev–Trinajstić information content (AvgIpc) is 2.74. The first kappa shape index (κ1) is 18.2. The number of carbonyl (C=O) groups is 3. The van der Waals surface area contributed by atoms with Crippen LogP contribution >= 0.6 is 11.3 Å². The number of thiophene rings is 1. The van der Waals surface area contributed by atoms with Crippen LogP contribution in [0.4, 0.5) is 5.00 Å². The molecule has 1 heterocycles. The number of aliphatic carboxylic acids is 1. The lowest BCUT2D eigenvalue weighted by atomic mass is 10.1. The van der Waals surface area contributed by atoms with E-state index in [2.05, 4.69) is 5.32 Å². The van der Waals surface area contributed by atoms with E-state index >= 15 is 0 Å². The number of anilines is 1. The van der Waals surface area contributed by atoms with Crippen LogP contribution < -0.4 is 5.32 Å². The molecule has 1 amide bonds. The zero-order valence-corrected chi connectivity index (χ0v) is 13.8. The molecular formula is C15H21NO5S. The minimum absolute atomic E-state index is 0.0537. The molecule has 22 heavy (non-hydrogen) atoms. The van der Waals surface area contributed by atoms with Gasteiger partial charge in [0.2, 0.25) is 5.91 Å². The van der Waals surface area contributed by atoms with Gasteiger partial charge in [-0.1, -0.05) is 6.92 Å². The third-order valence-corrected chi connectivity index (χ3v) is 4.15. The highest BCUT2D eigenvalue weighted by Crippen LogP contribution is 2.34. The fourth-order valence-electron chi connectivity index (χ4n) is 2.10. The molecule has 2 N–H and O–H groups in total. The topological polar surface area (TPSA) is 92.7 Å². The third kappa shape index (κ3) is 4.84. The zero-order valence-electron chi connectivity index (χ0n) is 13.0. The van der Waals surface area contributed by atoms with Gasteiger partial charge in [-0.3, -0.25) is 9.59 Å². The Morgan fingerprint density at radius 3 is 2.45 bits per heavy atom. The molecule has 0 aliphatic carbocycles. The lowest BCUT2D eigenvalue weighted by Crippen LogP contribution is -2.15. The molecule has 0 fully saturated rings. The summed E-state index contributed by atoms with van der Waals surface area (Å²) in [7, 11) is 0. The monoisotopic (exact) mass is 327 g/mol. The highest BCUT2D eigenvalue weighted by atomic mass is 32.1. The molecule has 0 saturated heterocycles. The summed E-state index contributed by atoms with van der Waals surface area (Å²) in [6.45, 7) is 5.83. The van der Waals surface area contributed by atoms with Crippen molar-refractivity contribution >= 4 is 34.2 Å². The Kier molecular flexibility index (Phi) is 7.04. The maximum absolute atomic E-state index is 12.1. The zero-order chi connectivity index (χ0) is 16.7. The van der Waals surface area contributed by atoms with E-state index in [1.54, 1.807) is 6.92 Å². The summed E-state index contributed by atoms with van der Waals surface area (Å²) in [6, 6.07) is 0. The minimum Gasteiger partial charge on any atom is -0.481 e. The second kappa shape index (κ2) is 8.53. The van der Waals surface area contributed by atoms with Gasteiger partial charge in [-0.15, -0.1) is 11.3 Å². The number of nitrogens with one attached hydrogen (secondary N) is 1. The first-order valence-corrected chi connectivity index (χ1v) is 8.03. The van der Waals surface area contributed by atoms with Crippen molar-refractivity contribution in [3.05, 3.63) is 16.0 Å². The average molecular weight is 327 g/mol. The number of esters is 1. The molecule has 0 unspecified atom stereocenters. The second-order valence-electron chi connectivity index (χ2n) is 4.71. The van der Waals surface area contributed by atoms with Gasteiger partial charge in [-0.2, -0.15) is 0 Å². The van der Waals surface area contributed by atoms with Gasteiger partial charge in [0.25, 0.3) is 0 Å². The number of aryl methyl sites for hydroxylation is 1. The molecular weight excluding hydrogens is 306 g/mol. The van der Waals surface area contributed by atoms with Crippen molar-refractivity contribution in [2.45, 2.75) is 46.5 Å². The summed E-state index contributed by atoms with van der Waals surface area (Å²) < 4.78 is 5.06. The highest BCUT2D eigenvalue weighted by molar-refractivity contribution is 7.16. The standard InChI is InChI=1S/C15H21NO5S/c1-4-10-9(3)22-14(13(10)15(20)21-5-2)16-11(17)7-6-8-12(18)19/h4-8H2,1-3H3,(H,16,17)(H,18,19). The van der Waals surface area contributed by atoms with E-state index in [1.807, 2.05) is 13.8 Å². The van der Waals surface area contributed by atoms with Crippen LogP contribution in [0.5, 0.6) is 0 Å². The number of carboxylic acid groups (broad SMARTS) is 1. The van der Waals surface area contributed by atoms with Crippen molar-refractivity contribution in [2.24, 2.45) is 0 Å². The van der Waals surface area contributed by atoms with Crippen molar-refractivity contribution in [3.8, 4) is 0 Å². The number of amides is 1. The second-order valence-corrected chi connectivity index (χ2v) is 5.94. The Morgan fingerprint density at radius 1 is 1.23 bits per heavy atom. The van der Waals surface area contributed by atoms with E-state index in [0.29, 0.717) is 17.0 Å². The highest BCUT2D eigenvalue weighted by Gasteiger charge is 2.23. The maximum Gasteiger partial charge on any atom is 0.341 e. The van der Waals surface area contributed by atoms with Crippen molar-refractivity contribution < 1.29 is 24.2 Å². The molecule has 0 aliphatic rings. The number of hydrogen-bond donors (Lipinski definition) is 2. The molecule has 0 bridgehead atoms. The molecule has 0 aromatic carbocycles. The quantitative estimate of drug-likeness (QED) is 0.716. The van der Waals surface area contributed by atoms with Gasteiger partial charge in [-0.05, 0) is 32.3 Å². The number of carbonyl (C=O) groups excluding carboxylic acids is 2. The van der Waals surface area contributed by atoms with E-state index in [9.17, 15) is 14.4 Å². The van der Waals surface area contributed by atoms with Gasteiger partial charge in [0, 0.05) is 17.7 Å². The van der Waals surface area contributed by atoms with Crippen molar-refractivity contribution in [2.75, 3.05) is 11.9 Å². The predicted octanol–water partition coefficient (Wildman–Crippen LogP) is 2.99. The van der Waals surface area contributed by atoms with E-state index in [0.717, 1.165) is 10.4 Å². The Hall–Kier alpha value is -1.89. The van der Waals surface area contributed by atoms with Crippen LogP contribution in [0.3, 0.4) is 0 Å². The Balaban J connectivity index is 2.87. The van der Waals surface area contributed by atoms with E-state index in [-0.39, 0.29) is 31.8 Å². The van der Waals surface area contributed by atoms with Crippen LogP contribution in [0.1, 0.15) is 53.9 Å². The smallest absolute Gasteiger partial charge is 0.341 e. The first-order chi connectivity index (χ1) is 10.4. The van der Waals surface area contributed by atoms with Gasteiger partial charge in [0.1, 0.15) is 5.00 Å². The Bertz CT molecular complexity index is 565. The lowest BCUT2D eigenvalue weighted by molar-refractivity contribution is -0.137. The summed E-state index contributed by atoms with van der Waals surface area (Å²) in [4.78, 5) is 35.4. The van der Waals surface area contributed by atoms with Gasteiger partial charge >= 0.3 is 11.9 Å². The van der Waals surface area contributed by atoms with E-state index < -0.39 is 11.9 Å². The largest absolute Gasteiger partial charge is 0.481 e. The van der Waals surface area contributed by atoms with Gasteiger partial charge < -0.3 is 15.2 Å². The third-order valence-electron chi connectivity index (χ3n) is 3.09. The van der Waals surface area contributed by atoms with Gasteiger partial charge in [0.15, 0.2) is 0 Å². The Labute approximate surface area is 133 Å². The minimum atomic E-state index is -0.930. The first-order valence-electron chi connectivity index (χ1n) is 7.21. The molecule has 0 radical (unpaired) electrons. The summed E-state index contributed by atoms with van der Waals surface area (Å²) in [5, 5.41) is 11.8. The molecule has 0 spiro atoms. The van der Waals surface area contributed by atoms with E-state index in [1.165, 1.54) is 11.3 Å². The van der Waals surface area contributed by atoms with Crippen molar-refractivity contribution in [3.63, 3.8) is 0 Å². The fourth-order valence-corrected chi connectivity index (χ4v) is 3.25. The van der Waals surface area contributed by atoms with Gasteiger partial charge in [-0.25, -0.2) is 4.79 Å². The summed E-state index contributed by atoms with van der Waals surface area (Å²) >= 11 is 1.34. The normalized spacial score (nSPS) is 10.3. The number of rotatable bonds is 8. The molecule has 6 nitrogen and oxygen atoms in total. The van der Waals surface area contributed by atoms with Crippen LogP contribution in [0, 0.1) is 6.92 Å². The number of hydrogen-bond acceptors (Lipinski definition) is 5. The maximum atomic E-state index is 12.1. The van der Waals surface area contributed by atoms with Crippen LogP contribution in [-0.2, 0) is 20.7 Å². The molecule has 1 rings (SSSR count). The Morgan fingerprint density at radius 2 is 1.91 bits per heavy atom. The molecule has 1 aromatic heterocycles. The number of carboxylic acids is 1. The summed E-state index contributed by atoms with van der Waals surface area (Å²) in [5.74, 6) is -1.67. The fraction of sp³-hybridized carbons (Fsp3) is 0.533. The SMILES string of the molecule is CCOC(=O)c1c(NC(=O)CCCC(=O)O)sc(C)c1CC. The van der Waals surface area contributed by atoms with Crippen LogP contribution in [0.15, 0.2) is 0 Å². The van der Waals surface area contributed by atoms with E-state index in [4.69, 9.17) is 9.84 Å². The molecule has 0 saturated carbocycles. The van der Waals surface area contributed by atoms with Crippen LogP contribution in [0.25, 0.3) is 0 Å². The van der Waals surface area contributed by atoms with Crippen molar-refractivity contribution in [1.29, 1.82) is 0 Å².